The zero-order chi connectivity index (χ0) is 13.1. The molecule has 3 nitrogen and oxygen atoms in total. The van der Waals surface area contributed by atoms with Crippen molar-refractivity contribution in [1.82, 2.24) is 10.3 Å². The molecule has 0 radical (unpaired) electrons. The van der Waals surface area contributed by atoms with Crippen molar-refractivity contribution in [2.45, 2.75) is 25.9 Å². The number of benzene rings is 1. The van der Waals surface area contributed by atoms with E-state index in [9.17, 15) is 0 Å². The van der Waals surface area contributed by atoms with Gasteiger partial charge in [0.25, 0.3) is 0 Å². The molecule has 1 aromatic carbocycles. The van der Waals surface area contributed by atoms with E-state index in [1.165, 1.54) is 12.8 Å². The van der Waals surface area contributed by atoms with Crippen LogP contribution in [-0.2, 0) is 0 Å². The maximum Gasteiger partial charge on any atom is 0.145 e. The van der Waals surface area contributed by atoms with E-state index in [0.717, 1.165) is 29.7 Å². The Morgan fingerprint density at radius 1 is 1.32 bits per heavy atom. The van der Waals surface area contributed by atoms with Gasteiger partial charge in [0, 0.05) is 24.0 Å². The third-order valence-electron chi connectivity index (χ3n) is 3.91. The molecule has 1 aliphatic rings. The van der Waals surface area contributed by atoms with Crippen LogP contribution in [0.15, 0.2) is 36.5 Å². The molecule has 2 atom stereocenters. The van der Waals surface area contributed by atoms with Crippen LogP contribution in [-0.4, -0.2) is 24.2 Å². The number of fused-ring (bicyclic) bond motifs is 1. The maximum atomic E-state index is 6.16. The van der Waals surface area contributed by atoms with Crippen LogP contribution in [0.3, 0.4) is 0 Å². The zero-order valence-corrected chi connectivity index (χ0v) is 11.3. The van der Waals surface area contributed by atoms with Crippen molar-refractivity contribution in [3.63, 3.8) is 0 Å². The van der Waals surface area contributed by atoms with Crippen LogP contribution in [0.25, 0.3) is 10.9 Å². The lowest BCUT2D eigenvalue weighted by Crippen LogP contribution is -2.37. The van der Waals surface area contributed by atoms with E-state index in [4.69, 9.17) is 4.74 Å². The highest BCUT2D eigenvalue weighted by Gasteiger charge is 2.21. The van der Waals surface area contributed by atoms with Gasteiger partial charge in [-0.05, 0) is 38.4 Å². The number of ether oxygens (including phenoxy) is 1. The second kappa shape index (κ2) is 5.57. The van der Waals surface area contributed by atoms with Gasteiger partial charge in [-0.2, -0.15) is 0 Å². The van der Waals surface area contributed by atoms with Gasteiger partial charge in [0.15, 0.2) is 0 Å². The Labute approximate surface area is 114 Å². The quantitative estimate of drug-likeness (QED) is 0.916. The van der Waals surface area contributed by atoms with Crippen LogP contribution < -0.4 is 10.1 Å². The lowest BCUT2D eigenvalue weighted by Gasteiger charge is -2.28. The summed E-state index contributed by atoms with van der Waals surface area (Å²) in [6, 6.07) is 10.2. The standard InChI is InChI=1S/C16H20N2O/c1-12(14-7-3-9-17-11-14)19-15-8-2-5-13-6-4-10-18-16(13)15/h2,4-6,8,10,12,14,17H,3,7,9,11H2,1H3. The molecule has 3 heteroatoms. The van der Waals surface area contributed by atoms with Gasteiger partial charge in [0.1, 0.15) is 17.4 Å². The number of aromatic nitrogens is 1. The Morgan fingerprint density at radius 3 is 3.05 bits per heavy atom. The highest BCUT2D eigenvalue weighted by molar-refractivity contribution is 5.84. The fourth-order valence-corrected chi connectivity index (χ4v) is 2.75. The summed E-state index contributed by atoms with van der Waals surface area (Å²) < 4.78 is 6.16. The minimum atomic E-state index is 0.223. The smallest absolute Gasteiger partial charge is 0.145 e. The molecule has 1 aliphatic heterocycles. The minimum Gasteiger partial charge on any atom is -0.488 e. The Kier molecular flexibility index (Phi) is 3.65. The second-order valence-electron chi connectivity index (χ2n) is 5.26. The van der Waals surface area contributed by atoms with Crippen molar-refractivity contribution in [2.24, 2.45) is 5.92 Å². The number of hydrogen-bond donors (Lipinski definition) is 1. The molecule has 1 aromatic heterocycles. The molecule has 0 saturated carbocycles. The molecule has 0 amide bonds. The summed E-state index contributed by atoms with van der Waals surface area (Å²) in [5, 5.41) is 4.58. The largest absolute Gasteiger partial charge is 0.488 e. The van der Waals surface area contributed by atoms with Crippen molar-refractivity contribution < 1.29 is 4.74 Å². The predicted molar refractivity (Wildman–Crippen MR) is 77.4 cm³/mol. The highest BCUT2D eigenvalue weighted by Crippen LogP contribution is 2.26. The van der Waals surface area contributed by atoms with E-state index in [-0.39, 0.29) is 6.10 Å². The average Bonchev–Trinajstić information content (AvgIpc) is 2.48. The van der Waals surface area contributed by atoms with E-state index in [1.54, 1.807) is 0 Å². The van der Waals surface area contributed by atoms with Crippen molar-refractivity contribution in [3.05, 3.63) is 36.5 Å². The molecule has 2 heterocycles. The number of nitrogens with one attached hydrogen (secondary N) is 1. The molecule has 1 fully saturated rings. The molecule has 2 unspecified atom stereocenters. The third kappa shape index (κ3) is 2.71. The number of nitrogens with zero attached hydrogens (tertiary/aromatic N) is 1. The van der Waals surface area contributed by atoms with Gasteiger partial charge in [0.05, 0.1) is 0 Å². The molecule has 0 spiro atoms. The minimum absolute atomic E-state index is 0.223. The fraction of sp³-hybridized carbons (Fsp3) is 0.438. The van der Waals surface area contributed by atoms with Gasteiger partial charge in [-0.25, -0.2) is 0 Å². The first-order valence-corrected chi connectivity index (χ1v) is 7.06. The monoisotopic (exact) mass is 256 g/mol. The highest BCUT2D eigenvalue weighted by atomic mass is 16.5. The molecule has 19 heavy (non-hydrogen) atoms. The summed E-state index contributed by atoms with van der Waals surface area (Å²) >= 11 is 0. The fourth-order valence-electron chi connectivity index (χ4n) is 2.75. The average molecular weight is 256 g/mol. The zero-order valence-electron chi connectivity index (χ0n) is 11.3. The molecule has 100 valence electrons. The van der Waals surface area contributed by atoms with E-state index in [0.29, 0.717) is 5.92 Å². The SMILES string of the molecule is CC(Oc1cccc2cccnc12)C1CCCNC1. The van der Waals surface area contributed by atoms with E-state index in [2.05, 4.69) is 29.4 Å². The van der Waals surface area contributed by atoms with Crippen molar-refractivity contribution in [2.75, 3.05) is 13.1 Å². The van der Waals surface area contributed by atoms with Crippen molar-refractivity contribution in [3.8, 4) is 5.75 Å². The van der Waals surface area contributed by atoms with Gasteiger partial charge in [0.2, 0.25) is 0 Å². The topological polar surface area (TPSA) is 34.1 Å². The van der Waals surface area contributed by atoms with Crippen molar-refractivity contribution in [1.29, 1.82) is 0 Å². The Hall–Kier alpha value is -1.61. The van der Waals surface area contributed by atoms with Gasteiger partial charge in [-0.3, -0.25) is 4.98 Å². The van der Waals surface area contributed by atoms with Gasteiger partial charge < -0.3 is 10.1 Å². The normalized spacial score (nSPS) is 21.2. The molecular formula is C16H20N2O. The summed E-state index contributed by atoms with van der Waals surface area (Å²) in [5.41, 5.74) is 0.959. The summed E-state index contributed by atoms with van der Waals surface area (Å²) in [5.74, 6) is 1.49. The molecule has 0 bridgehead atoms. The van der Waals surface area contributed by atoms with E-state index < -0.39 is 0 Å². The third-order valence-corrected chi connectivity index (χ3v) is 3.91. The van der Waals surface area contributed by atoms with Crippen molar-refractivity contribution >= 4 is 10.9 Å². The van der Waals surface area contributed by atoms with E-state index in [1.807, 2.05) is 24.4 Å². The van der Waals surface area contributed by atoms with Crippen LogP contribution in [0.2, 0.25) is 0 Å². The molecule has 1 saturated heterocycles. The molecular weight excluding hydrogens is 236 g/mol. The Bertz CT molecular complexity index is 544. The van der Waals surface area contributed by atoms with Crippen LogP contribution in [0.5, 0.6) is 5.75 Å². The summed E-state index contributed by atoms with van der Waals surface area (Å²) in [7, 11) is 0. The van der Waals surface area contributed by atoms with Gasteiger partial charge >= 0.3 is 0 Å². The number of para-hydroxylation sites is 1. The lowest BCUT2D eigenvalue weighted by atomic mass is 9.94. The van der Waals surface area contributed by atoms with Crippen LogP contribution in [0.4, 0.5) is 0 Å². The molecule has 3 rings (SSSR count). The second-order valence-corrected chi connectivity index (χ2v) is 5.26. The number of rotatable bonds is 3. The molecule has 0 aliphatic carbocycles. The van der Waals surface area contributed by atoms with Crippen LogP contribution >= 0.6 is 0 Å². The Balaban J connectivity index is 1.80. The number of hydrogen-bond acceptors (Lipinski definition) is 3. The Morgan fingerprint density at radius 2 is 2.21 bits per heavy atom. The van der Waals surface area contributed by atoms with Gasteiger partial charge in [-0.1, -0.05) is 18.2 Å². The first-order valence-electron chi connectivity index (χ1n) is 7.06. The molecule has 1 N–H and O–H groups in total. The summed E-state index contributed by atoms with van der Waals surface area (Å²) in [4.78, 5) is 4.44. The first kappa shape index (κ1) is 12.4. The van der Waals surface area contributed by atoms with Gasteiger partial charge in [-0.15, -0.1) is 0 Å². The van der Waals surface area contributed by atoms with Crippen LogP contribution in [0, 0.1) is 5.92 Å². The number of piperidine rings is 1. The first-order chi connectivity index (χ1) is 9.34. The summed E-state index contributed by atoms with van der Waals surface area (Å²) in [6.07, 6.45) is 4.53. The van der Waals surface area contributed by atoms with Crippen LogP contribution in [0.1, 0.15) is 19.8 Å². The lowest BCUT2D eigenvalue weighted by molar-refractivity contribution is 0.133. The predicted octanol–water partition coefficient (Wildman–Crippen LogP) is 3.00. The summed E-state index contributed by atoms with van der Waals surface area (Å²) in [6.45, 7) is 4.36. The number of pyridine rings is 1. The van der Waals surface area contributed by atoms with E-state index >= 15 is 0 Å². The molecule has 2 aromatic rings. The maximum absolute atomic E-state index is 6.16.